The van der Waals surface area contributed by atoms with E-state index in [1.54, 1.807) is 0 Å². The average Bonchev–Trinajstić information content (AvgIpc) is 2.90. The van der Waals surface area contributed by atoms with E-state index in [1.165, 1.54) is 24.3 Å². The fourth-order valence-corrected chi connectivity index (χ4v) is 7.90. The number of hydrogen-bond donors (Lipinski definition) is 0. The third-order valence-electron chi connectivity index (χ3n) is 7.43. The van der Waals surface area contributed by atoms with Crippen LogP contribution in [-0.2, 0) is 62.9 Å². The number of alkyl halides is 21. The molecule has 0 aliphatic rings. The van der Waals surface area contributed by atoms with Crippen molar-refractivity contribution in [1.29, 1.82) is 0 Å². The summed E-state index contributed by atoms with van der Waals surface area (Å²) in [7, 11) is -29.1. The van der Waals surface area contributed by atoms with Crippen molar-refractivity contribution >= 4 is 136 Å². The van der Waals surface area contributed by atoms with Gasteiger partial charge in [-0.1, -0.05) is 85.5 Å². The van der Waals surface area contributed by atoms with Crippen LogP contribution in [0.15, 0.2) is 102 Å². The Labute approximate surface area is 499 Å². The van der Waals surface area contributed by atoms with Crippen molar-refractivity contribution in [1.82, 2.24) is 0 Å². The third-order valence-corrected chi connectivity index (χ3v) is 14.3. The van der Waals surface area contributed by atoms with Crippen LogP contribution in [0, 0.1) is 0 Å². The Kier molecular flexibility index (Phi) is 26.7. The standard InChI is InChI=1S/C9H3F9O3S.C7H4BrF3O3S.3C7H3Cl2F3O3S/c10-7(11,12)4-1-5(8(13,14)15)3-6(2-4)21-22(19,20)9(16,17)18;8-5-1-3-6(4-2-5)14-15(12,13)7(9,10)11;8-4-1-5(9)3-6(2-4)15-16(13,14)7(10,11)12;8-4-1-2-6(5(9)3-4)15-16(13,14)7(10,11)12;8-4-1-2-5(9)6(3-4)15-16(13,14)7(10,11)12/h1-3H;1-4H;3*1-3H. The Morgan fingerprint density at radius 3 is 0.941 bits per heavy atom. The maximum atomic E-state index is 12.4. The van der Waals surface area contributed by atoms with Crippen molar-refractivity contribution in [3.8, 4) is 28.7 Å². The highest BCUT2D eigenvalue weighted by Gasteiger charge is 2.52. The molecule has 0 N–H and O–H groups in total. The van der Waals surface area contributed by atoms with Gasteiger partial charge >= 0.3 is 90.5 Å². The number of hydrogen-bond acceptors (Lipinski definition) is 15. The van der Waals surface area contributed by atoms with Gasteiger partial charge in [-0.2, -0.15) is 134 Å². The molecule has 0 fully saturated rings. The summed E-state index contributed by atoms with van der Waals surface area (Å²) >= 11 is 35.7. The van der Waals surface area contributed by atoms with Crippen molar-refractivity contribution in [2.45, 2.75) is 39.9 Å². The Morgan fingerprint density at radius 2 is 0.600 bits per heavy atom. The van der Waals surface area contributed by atoms with Gasteiger partial charge in [0.2, 0.25) is 0 Å². The Bertz CT molecular complexity index is 3670. The van der Waals surface area contributed by atoms with Gasteiger partial charge in [-0.15, -0.1) is 0 Å². The summed E-state index contributed by atoms with van der Waals surface area (Å²) in [6.45, 7) is 0. The van der Waals surface area contributed by atoms with Gasteiger partial charge < -0.3 is 20.9 Å². The van der Waals surface area contributed by atoms with E-state index in [1.807, 2.05) is 0 Å². The van der Waals surface area contributed by atoms with Crippen molar-refractivity contribution in [2.24, 2.45) is 0 Å². The number of halogens is 28. The van der Waals surface area contributed by atoms with Crippen LogP contribution >= 0.6 is 85.5 Å². The predicted octanol–water partition coefficient (Wildman–Crippen LogP) is 16.3. The molecule has 0 atom stereocenters. The molecule has 5 aromatic carbocycles. The van der Waals surface area contributed by atoms with Gasteiger partial charge in [0, 0.05) is 42.8 Å². The van der Waals surface area contributed by atoms with Crippen LogP contribution in [-0.4, -0.2) is 69.6 Å². The van der Waals surface area contributed by atoms with Crippen LogP contribution in [0.3, 0.4) is 0 Å². The van der Waals surface area contributed by atoms with E-state index in [4.69, 9.17) is 69.6 Å². The van der Waals surface area contributed by atoms with Gasteiger partial charge in [-0.05, 0) is 78.9 Å². The predicted molar refractivity (Wildman–Crippen MR) is 258 cm³/mol. The zero-order chi connectivity index (χ0) is 66.9. The first-order valence-electron chi connectivity index (χ1n) is 19.1. The molecule has 15 nitrogen and oxygen atoms in total. The second kappa shape index (κ2) is 28.8. The lowest BCUT2D eigenvalue weighted by Gasteiger charge is -2.15. The molecule has 85 heavy (non-hydrogen) atoms. The zero-order valence-corrected chi connectivity index (χ0v) is 48.7. The van der Waals surface area contributed by atoms with Gasteiger partial charge in [0.15, 0.2) is 11.5 Å². The van der Waals surface area contributed by atoms with E-state index in [0.29, 0.717) is 4.47 Å². The SMILES string of the molecule is O=S(=O)(Oc1cc(C(F)(F)F)cc(C(F)(F)F)c1)C(F)(F)F.O=S(=O)(Oc1cc(Cl)cc(Cl)c1)C(F)(F)F.O=S(=O)(Oc1cc(Cl)ccc1Cl)C(F)(F)F.O=S(=O)(Oc1ccc(Br)cc1)C(F)(F)F.O=S(=O)(Oc1ccc(Cl)cc1Cl)C(F)(F)F. The van der Waals surface area contributed by atoms with Crippen molar-refractivity contribution < 1.29 is 155 Å². The summed E-state index contributed by atoms with van der Waals surface area (Å²) < 4.78 is 379. The van der Waals surface area contributed by atoms with E-state index in [2.05, 4.69) is 36.8 Å². The van der Waals surface area contributed by atoms with Gasteiger partial charge in [0.25, 0.3) is 0 Å². The Morgan fingerprint density at radius 1 is 0.294 bits per heavy atom. The fraction of sp³-hybridized carbons (Fsp3) is 0.189. The molecule has 0 aliphatic heterocycles. The van der Waals surface area contributed by atoms with Crippen LogP contribution in [0.25, 0.3) is 0 Å². The third kappa shape index (κ3) is 25.3. The largest absolute Gasteiger partial charge is 0.534 e. The van der Waals surface area contributed by atoms with E-state index >= 15 is 0 Å². The molecule has 0 spiro atoms. The monoisotopic (exact) mass is 1550 g/mol. The molecule has 0 saturated heterocycles. The number of rotatable bonds is 10. The fourth-order valence-electron chi connectivity index (χ4n) is 3.98. The molecule has 0 radical (unpaired) electrons. The first kappa shape index (κ1) is 78.6. The van der Waals surface area contributed by atoms with Crippen LogP contribution in [0.2, 0.25) is 30.1 Å². The molecule has 48 heteroatoms. The number of benzene rings is 5. The van der Waals surface area contributed by atoms with Crippen molar-refractivity contribution in [2.75, 3.05) is 0 Å². The molecule has 0 aliphatic carbocycles. The molecule has 0 aromatic heterocycles. The Balaban J connectivity index is 0.000000535. The minimum absolute atomic E-state index is 0.00299. The highest BCUT2D eigenvalue weighted by molar-refractivity contribution is 9.10. The van der Waals surface area contributed by atoms with Gasteiger partial charge in [-0.25, -0.2) is 0 Å². The topological polar surface area (TPSA) is 217 Å². The lowest BCUT2D eigenvalue weighted by molar-refractivity contribution is -0.143. The Hall–Kier alpha value is -4.40. The molecule has 0 amide bonds. The van der Waals surface area contributed by atoms with Gasteiger partial charge in [0.1, 0.15) is 17.2 Å². The molecule has 0 heterocycles. The second-order valence-corrected chi connectivity index (χ2v) is 25.0. The minimum atomic E-state index is -6.41. The molecule has 0 saturated carbocycles. The molecule has 480 valence electrons. The molecular formula is C37H16BrCl6F21O15S5. The van der Waals surface area contributed by atoms with Crippen LogP contribution in [0.5, 0.6) is 28.7 Å². The summed E-state index contributed by atoms with van der Waals surface area (Å²) in [6.07, 6.45) is -10.7. The zero-order valence-electron chi connectivity index (χ0n) is 38.5. The highest BCUT2D eigenvalue weighted by Crippen LogP contribution is 2.41. The quantitative estimate of drug-likeness (QED) is 0.0722. The van der Waals surface area contributed by atoms with Gasteiger partial charge in [0.05, 0.1) is 21.2 Å². The summed E-state index contributed by atoms with van der Waals surface area (Å²) in [4.78, 5) is 0. The van der Waals surface area contributed by atoms with E-state index < -0.39 is 136 Å². The molecule has 0 bridgehead atoms. The van der Waals surface area contributed by atoms with Gasteiger partial charge in [-0.3, -0.25) is 0 Å². The van der Waals surface area contributed by atoms with Crippen LogP contribution in [0.4, 0.5) is 92.2 Å². The minimum Gasteiger partial charge on any atom is -0.376 e. The van der Waals surface area contributed by atoms with E-state index in [9.17, 15) is 134 Å². The summed E-state index contributed by atoms with van der Waals surface area (Å²) in [5.41, 5.74) is -32.0. The first-order valence-corrected chi connectivity index (χ1v) is 29.2. The molecule has 5 aromatic rings. The lowest BCUT2D eigenvalue weighted by atomic mass is 10.1. The highest BCUT2D eigenvalue weighted by atomic mass is 79.9. The smallest absolute Gasteiger partial charge is 0.376 e. The second-order valence-electron chi connectivity index (χ2n) is 13.9. The van der Waals surface area contributed by atoms with Crippen molar-refractivity contribution in [3.05, 3.63) is 143 Å². The average molecular weight is 1550 g/mol. The molecule has 5 rings (SSSR count). The van der Waals surface area contributed by atoms with E-state index in [0.717, 1.165) is 54.6 Å². The molecule has 0 unspecified atom stereocenters. The maximum Gasteiger partial charge on any atom is 0.534 e. The first-order chi connectivity index (χ1) is 37.6. The van der Waals surface area contributed by atoms with Crippen LogP contribution in [0.1, 0.15) is 11.1 Å². The maximum absolute atomic E-state index is 12.4. The lowest BCUT2D eigenvalue weighted by Crippen LogP contribution is -2.28. The van der Waals surface area contributed by atoms with E-state index in [-0.39, 0.29) is 42.3 Å². The summed E-state index contributed by atoms with van der Waals surface area (Å²) in [5, 5.41) is -0.573. The van der Waals surface area contributed by atoms with Crippen molar-refractivity contribution in [3.63, 3.8) is 0 Å². The summed E-state index contributed by atoms with van der Waals surface area (Å²) in [6, 6.07) is 13.4. The molecular weight excluding hydrogens is 1540 g/mol. The van der Waals surface area contributed by atoms with Crippen LogP contribution < -0.4 is 20.9 Å². The summed E-state index contributed by atoms with van der Waals surface area (Å²) in [5.74, 6) is -4.07. The normalized spacial score (nSPS) is 12.9.